The Balaban J connectivity index is 1.74. The van der Waals surface area contributed by atoms with E-state index in [-0.39, 0.29) is 11.8 Å². The minimum Gasteiger partial charge on any atom is -0.324 e. The molecule has 2 aromatic heterocycles. The molecule has 0 aliphatic rings. The van der Waals surface area contributed by atoms with Crippen molar-refractivity contribution in [2.75, 3.05) is 5.32 Å². The lowest BCUT2D eigenvalue weighted by Crippen LogP contribution is -2.14. The molecule has 110 valence electrons. The van der Waals surface area contributed by atoms with E-state index in [1.807, 2.05) is 49.4 Å². The van der Waals surface area contributed by atoms with E-state index in [2.05, 4.69) is 15.3 Å². The molecule has 4 heteroatoms. The fraction of sp³-hybridized carbons (Fsp3) is 0.167. The van der Waals surface area contributed by atoms with Gasteiger partial charge in [-0.3, -0.25) is 14.8 Å². The largest absolute Gasteiger partial charge is 0.324 e. The summed E-state index contributed by atoms with van der Waals surface area (Å²) < 4.78 is 0. The minimum atomic E-state index is -0.0190. The molecule has 0 saturated heterocycles. The summed E-state index contributed by atoms with van der Waals surface area (Å²) in [6.45, 7) is 2.03. The molecule has 1 N–H and O–H groups in total. The van der Waals surface area contributed by atoms with E-state index in [4.69, 9.17) is 0 Å². The highest BCUT2D eigenvalue weighted by Crippen LogP contribution is 2.23. The van der Waals surface area contributed by atoms with Gasteiger partial charge in [0.05, 0.1) is 11.2 Å². The van der Waals surface area contributed by atoms with E-state index in [9.17, 15) is 4.79 Å². The number of amides is 1. The standard InChI is InChI=1S/C18H17N3O/c1-13(15-7-3-9-19-12-15)11-17(22)21-16-8-2-5-14-6-4-10-20-18(14)16/h2-10,12-13H,11H2,1H3,(H,21,22). The molecule has 0 saturated carbocycles. The molecule has 22 heavy (non-hydrogen) atoms. The quantitative estimate of drug-likeness (QED) is 0.796. The van der Waals surface area contributed by atoms with Crippen LogP contribution in [-0.2, 0) is 4.79 Å². The molecule has 0 bridgehead atoms. The van der Waals surface area contributed by atoms with Gasteiger partial charge in [-0.25, -0.2) is 0 Å². The van der Waals surface area contributed by atoms with Crippen molar-refractivity contribution in [1.82, 2.24) is 9.97 Å². The van der Waals surface area contributed by atoms with Crippen LogP contribution in [-0.4, -0.2) is 15.9 Å². The van der Waals surface area contributed by atoms with Crippen LogP contribution in [0.3, 0.4) is 0 Å². The molecule has 0 spiro atoms. The van der Waals surface area contributed by atoms with Crippen LogP contribution in [0.2, 0.25) is 0 Å². The zero-order valence-electron chi connectivity index (χ0n) is 12.4. The molecule has 1 unspecified atom stereocenters. The molecule has 0 aliphatic carbocycles. The first-order valence-electron chi connectivity index (χ1n) is 7.27. The van der Waals surface area contributed by atoms with Crippen molar-refractivity contribution < 1.29 is 4.79 Å². The van der Waals surface area contributed by atoms with Gasteiger partial charge in [-0.1, -0.05) is 31.2 Å². The third kappa shape index (κ3) is 3.11. The molecule has 1 aromatic carbocycles. The number of para-hydroxylation sites is 1. The Bertz CT molecular complexity index is 781. The summed E-state index contributed by atoms with van der Waals surface area (Å²) in [5, 5.41) is 3.98. The van der Waals surface area contributed by atoms with E-state index in [1.165, 1.54) is 0 Å². The number of pyridine rings is 2. The van der Waals surface area contributed by atoms with Crippen molar-refractivity contribution in [3.05, 3.63) is 66.6 Å². The predicted molar refractivity (Wildman–Crippen MR) is 87.6 cm³/mol. The van der Waals surface area contributed by atoms with Gasteiger partial charge >= 0.3 is 0 Å². The Morgan fingerprint density at radius 2 is 1.95 bits per heavy atom. The molecule has 0 aliphatic heterocycles. The predicted octanol–water partition coefficient (Wildman–Crippen LogP) is 3.76. The van der Waals surface area contributed by atoms with Crippen LogP contribution in [0, 0.1) is 0 Å². The van der Waals surface area contributed by atoms with Gasteiger partial charge in [0.1, 0.15) is 0 Å². The van der Waals surface area contributed by atoms with Crippen molar-refractivity contribution in [2.24, 2.45) is 0 Å². The molecule has 0 radical (unpaired) electrons. The number of anilines is 1. The summed E-state index contributed by atoms with van der Waals surface area (Å²) in [7, 11) is 0. The topological polar surface area (TPSA) is 54.9 Å². The average molecular weight is 291 g/mol. The van der Waals surface area contributed by atoms with Crippen molar-refractivity contribution >= 4 is 22.5 Å². The van der Waals surface area contributed by atoms with Crippen LogP contribution in [0.1, 0.15) is 24.8 Å². The number of aromatic nitrogens is 2. The van der Waals surface area contributed by atoms with Gasteiger partial charge in [0.15, 0.2) is 0 Å². The van der Waals surface area contributed by atoms with Crippen LogP contribution in [0.5, 0.6) is 0 Å². The first-order valence-corrected chi connectivity index (χ1v) is 7.27. The van der Waals surface area contributed by atoms with E-state index in [0.717, 1.165) is 22.2 Å². The summed E-state index contributed by atoms with van der Waals surface area (Å²) in [5.74, 6) is 0.103. The first-order chi connectivity index (χ1) is 10.7. The fourth-order valence-electron chi connectivity index (χ4n) is 2.47. The Morgan fingerprint density at radius 1 is 1.14 bits per heavy atom. The molecule has 3 aromatic rings. The smallest absolute Gasteiger partial charge is 0.225 e. The number of nitrogens with one attached hydrogen (secondary N) is 1. The number of fused-ring (bicyclic) bond motifs is 1. The van der Waals surface area contributed by atoms with Crippen molar-refractivity contribution in [3.63, 3.8) is 0 Å². The first kappa shape index (κ1) is 14.2. The molecule has 2 heterocycles. The maximum Gasteiger partial charge on any atom is 0.225 e. The maximum absolute atomic E-state index is 12.3. The number of carbonyl (C=O) groups excluding carboxylic acids is 1. The van der Waals surface area contributed by atoms with Gasteiger partial charge in [-0.15, -0.1) is 0 Å². The number of nitrogens with zero attached hydrogens (tertiary/aromatic N) is 2. The lowest BCUT2D eigenvalue weighted by molar-refractivity contribution is -0.116. The lowest BCUT2D eigenvalue weighted by Gasteiger charge is -2.12. The summed E-state index contributed by atoms with van der Waals surface area (Å²) in [6.07, 6.45) is 5.68. The Labute approximate surface area is 129 Å². The Kier molecular flexibility index (Phi) is 4.10. The second-order valence-electron chi connectivity index (χ2n) is 5.32. The van der Waals surface area contributed by atoms with E-state index in [1.54, 1.807) is 18.6 Å². The molecule has 1 amide bonds. The zero-order valence-corrected chi connectivity index (χ0v) is 12.4. The molecule has 4 nitrogen and oxygen atoms in total. The molecular weight excluding hydrogens is 274 g/mol. The second-order valence-corrected chi connectivity index (χ2v) is 5.32. The number of benzene rings is 1. The fourth-order valence-corrected chi connectivity index (χ4v) is 2.47. The summed E-state index contributed by atoms with van der Waals surface area (Å²) in [4.78, 5) is 20.7. The van der Waals surface area contributed by atoms with Crippen LogP contribution in [0.15, 0.2) is 61.1 Å². The number of hydrogen-bond donors (Lipinski definition) is 1. The van der Waals surface area contributed by atoms with Gasteiger partial charge in [-0.05, 0) is 29.7 Å². The van der Waals surface area contributed by atoms with E-state index < -0.39 is 0 Å². The number of carbonyl (C=O) groups is 1. The average Bonchev–Trinajstić information content (AvgIpc) is 2.56. The van der Waals surface area contributed by atoms with Gasteiger partial charge in [0, 0.05) is 30.4 Å². The molecular formula is C18H17N3O. The maximum atomic E-state index is 12.3. The van der Waals surface area contributed by atoms with E-state index >= 15 is 0 Å². The summed E-state index contributed by atoms with van der Waals surface area (Å²) >= 11 is 0. The number of hydrogen-bond acceptors (Lipinski definition) is 3. The lowest BCUT2D eigenvalue weighted by atomic mass is 9.99. The van der Waals surface area contributed by atoms with Crippen molar-refractivity contribution in [1.29, 1.82) is 0 Å². The zero-order chi connectivity index (χ0) is 15.4. The highest BCUT2D eigenvalue weighted by molar-refractivity contribution is 6.00. The van der Waals surface area contributed by atoms with Gasteiger partial charge in [-0.2, -0.15) is 0 Å². The SMILES string of the molecule is CC(CC(=O)Nc1cccc2cccnc12)c1cccnc1. The second kappa shape index (κ2) is 6.35. The summed E-state index contributed by atoms with van der Waals surface area (Å²) in [5.41, 5.74) is 2.63. The number of rotatable bonds is 4. The van der Waals surface area contributed by atoms with Crippen molar-refractivity contribution in [2.45, 2.75) is 19.3 Å². The van der Waals surface area contributed by atoms with Crippen LogP contribution < -0.4 is 5.32 Å². The van der Waals surface area contributed by atoms with Crippen molar-refractivity contribution in [3.8, 4) is 0 Å². The third-order valence-electron chi connectivity index (χ3n) is 3.65. The highest BCUT2D eigenvalue weighted by Gasteiger charge is 2.12. The van der Waals surface area contributed by atoms with Gasteiger partial charge < -0.3 is 5.32 Å². The van der Waals surface area contributed by atoms with Crippen LogP contribution in [0.25, 0.3) is 10.9 Å². The summed E-state index contributed by atoms with van der Waals surface area (Å²) in [6, 6.07) is 13.5. The monoisotopic (exact) mass is 291 g/mol. The third-order valence-corrected chi connectivity index (χ3v) is 3.65. The van der Waals surface area contributed by atoms with Gasteiger partial charge in [0.2, 0.25) is 5.91 Å². The van der Waals surface area contributed by atoms with Crippen LogP contribution >= 0.6 is 0 Å². The van der Waals surface area contributed by atoms with Crippen LogP contribution in [0.4, 0.5) is 5.69 Å². The molecule has 3 rings (SSSR count). The Morgan fingerprint density at radius 3 is 2.77 bits per heavy atom. The van der Waals surface area contributed by atoms with Gasteiger partial charge in [0.25, 0.3) is 0 Å². The van der Waals surface area contributed by atoms with E-state index in [0.29, 0.717) is 6.42 Å². The normalized spacial score (nSPS) is 12.0. The highest BCUT2D eigenvalue weighted by atomic mass is 16.1. The molecule has 1 atom stereocenters. The Hall–Kier alpha value is -2.75. The minimum absolute atomic E-state index is 0.0190. The molecule has 0 fully saturated rings.